The molecule has 0 saturated carbocycles. The summed E-state index contributed by atoms with van der Waals surface area (Å²) in [6.07, 6.45) is 1.51. The fraction of sp³-hybridized carbons (Fsp3) is 0.167. The first-order valence-corrected chi connectivity index (χ1v) is 5.97. The summed E-state index contributed by atoms with van der Waals surface area (Å²) >= 11 is 3.16. The maximum atomic E-state index is 13.6. The van der Waals surface area contributed by atoms with Gasteiger partial charge < -0.3 is 9.52 Å². The Balaban J connectivity index is 2.21. The molecule has 0 aliphatic heterocycles. The lowest BCUT2D eigenvalue weighted by molar-refractivity contribution is -0.137. The molecule has 0 radical (unpaired) electrons. The summed E-state index contributed by atoms with van der Waals surface area (Å²) in [5.41, 5.74) is 0.298. The number of aryl methyl sites for hydroxylation is 1. The molecule has 0 saturated heterocycles. The molecule has 0 aliphatic rings. The summed E-state index contributed by atoms with van der Waals surface area (Å²) in [6.45, 7) is 0. The van der Waals surface area contributed by atoms with Crippen molar-refractivity contribution in [1.29, 1.82) is 0 Å². The largest absolute Gasteiger partial charge is 0.481 e. The molecule has 2 rings (SSSR count). The Bertz CT molecular complexity index is 582. The number of halogens is 2. The molecule has 0 spiro atoms. The van der Waals surface area contributed by atoms with Gasteiger partial charge in [0.15, 0.2) is 11.7 Å². The molecule has 1 N–H and O–H groups in total. The lowest BCUT2D eigenvalue weighted by Gasteiger charge is -1.99. The Morgan fingerprint density at radius 1 is 1.50 bits per heavy atom. The van der Waals surface area contributed by atoms with E-state index in [-0.39, 0.29) is 18.7 Å². The van der Waals surface area contributed by atoms with Crippen molar-refractivity contribution in [3.63, 3.8) is 0 Å². The van der Waals surface area contributed by atoms with Crippen LogP contribution in [0.15, 0.2) is 33.3 Å². The van der Waals surface area contributed by atoms with Crippen molar-refractivity contribution < 1.29 is 18.7 Å². The van der Waals surface area contributed by atoms with Crippen LogP contribution in [0.5, 0.6) is 0 Å². The van der Waals surface area contributed by atoms with E-state index in [0.29, 0.717) is 15.8 Å². The van der Waals surface area contributed by atoms with E-state index >= 15 is 0 Å². The average Bonchev–Trinajstić information content (AvgIpc) is 2.75. The van der Waals surface area contributed by atoms with Crippen LogP contribution in [0.3, 0.4) is 0 Å². The van der Waals surface area contributed by atoms with Gasteiger partial charge in [-0.05, 0) is 18.2 Å². The first-order valence-electron chi connectivity index (χ1n) is 5.18. The third-order valence-electron chi connectivity index (χ3n) is 2.30. The molecule has 2 aromatic rings. The highest BCUT2D eigenvalue weighted by Crippen LogP contribution is 2.26. The summed E-state index contributed by atoms with van der Waals surface area (Å²) < 4.78 is 19.6. The molecule has 0 fully saturated rings. The third kappa shape index (κ3) is 2.95. The Labute approximate surface area is 111 Å². The third-order valence-corrected chi connectivity index (χ3v) is 2.80. The number of carbonyl (C=O) groups is 1. The van der Waals surface area contributed by atoms with Crippen molar-refractivity contribution >= 4 is 21.9 Å². The quantitative estimate of drug-likeness (QED) is 0.941. The van der Waals surface area contributed by atoms with E-state index in [9.17, 15) is 9.18 Å². The van der Waals surface area contributed by atoms with Crippen LogP contribution in [0.1, 0.15) is 12.3 Å². The maximum Gasteiger partial charge on any atom is 0.303 e. The summed E-state index contributed by atoms with van der Waals surface area (Å²) in [7, 11) is 0. The van der Waals surface area contributed by atoms with Crippen LogP contribution in [-0.2, 0) is 11.2 Å². The normalized spacial score (nSPS) is 10.6. The van der Waals surface area contributed by atoms with E-state index in [0.717, 1.165) is 0 Å². The summed E-state index contributed by atoms with van der Waals surface area (Å²) in [4.78, 5) is 14.3. The summed E-state index contributed by atoms with van der Waals surface area (Å²) in [5, 5.41) is 8.54. The van der Waals surface area contributed by atoms with E-state index in [2.05, 4.69) is 20.9 Å². The second-order valence-electron chi connectivity index (χ2n) is 3.64. The first-order chi connectivity index (χ1) is 8.56. The Hall–Kier alpha value is -1.69. The molecular formula is C12H9BrFNO3. The number of aromatic nitrogens is 1. The van der Waals surface area contributed by atoms with Gasteiger partial charge in [0.25, 0.3) is 0 Å². The van der Waals surface area contributed by atoms with Crippen LogP contribution in [0.2, 0.25) is 0 Å². The molecule has 1 aromatic heterocycles. The zero-order valence-corrected chi connectivity index (χ0v) is 10.8. The van der Waals surface area contributed by atoms with Gasteiger partial charge in [-0.1, -0.05) is 15.9 Å². The van der Waals surface area contributed by atoms with E-state index < -0.39 is 11.8 Å². The number of rotatable bonds is 4. The molecular weight excluding hydrogens is 305 g/mol. The fourth-order valence-corrected chi connectivity index (χ4v) is 1.79. The zero-order chi connectivity index (χ0) is 13.1. The van der Waals surface area contributed by atoms with Gasteiger partial charge in [0.05, 0.1) is 18.2 Å². The second-order valence-corrected chi connectivity index (χ2v) is 4.55. The highest BCUT2D eigenvalue weighted by Gasteiger charge is 2.12. The second kappa shape index (κ2) is 5.30. The van der Waals surface area contributed by atoms with Gasteiger partial charge in [0, 0.05) is 10.9 Å². The SMILES string of the molecule is O=C(O)CCc1ncc(-c2ccc(Br)cc2F)o1. The van der Waals surface area contributed by atoms with E-state index in [4.69, 9.17) is 9.52 Å². The van der Waals surface area contributed by atoms with Gasteiger partial charge in [-0.15, -0.1) is 0 Å². The highest BCUT2D eigenvalue weighted by atomic mass is 79.9. The van der Waals surface area contributed by atoms with Gasteiger partial charge in [-0.25, -0.2) is 9.37 Å². The molecule has 4 nitrogen and oxygen atoms in total. The molecule has 1 aromatic carbocycles. The zero-order valence-electron chi connectivity index (χ0n) is 9.19. The van der Waals surface area contributed by atoms with Crippen molar-refractivity contribution in [3.8, 4) is 11.3 Å². The lowest BCUT2D eigenvalue weighted by Crippen LogP contribution is -1.97. The minimum atomic E-state index is -0.926. The Morgan fingerprint density at radius 3 is 2.94 bits per heavy atom. The van der Waals surface area contributed by atoms with Gasteiger partial charge in [-0.2, -0.15) is 0 Å². The number of nitrogens with zero attached hydrogens (tertiary/aromatic N) is 1. The van der Waals surface area contributed by atoms with Crippen LogP contribution < -0.4 is 0 Å². The van der Waals surface area contributed by atoms with E-state index in [1.54, 1.807) is 12.1 Å². The summed E-state index contributed by atoms with van der Waals surface area (Å²) in [5.74, 6) is -0.773. The van der Waals surface area contributed by atoms with Crippen molar-refractivity contribution in [1.82, 2.24) is 4.98 Å². The van der Waals surface area contributed by atoms with Crippen molar-refractivity contribution in [3.05, 3.63) is 40.6 Å². The minimum Gasteiger partial charge on any atom is -0.481 e. The summed E-state index contributed by atoms with van der Waals surface area (Å²) in [6, 6.07) is 4.59. The molecule has 0 atom stereocenters. The standard InChI is InChI=1S/C12H9BrFNO3/c13-7-1-2-8(9(14)5-7)10-6-15-11(18-10)3-4-12(16)17/h1-2,5-6H,3-4H2,(H,16,17). The average molecular weight is 314 g/mol. The minimum absolute atomic E-state index is 0.0667. The van der Waals surface area contributed by atoms with Crippen LogP contribution >= 0.6 is 15.9 Å². The number of hydrogen-bond acceptors (Lipinski definition) is 3. The number of aliphatic carboxylic acids is 1. The molecule has 1 heterocycles. The Morgan fingerprint density at radius 2 is 2.28 bits per heavy atom. The highest BCUT2D eigenvalue weighted by molar-refractivity contribution is 9.10. The Kier molecular flexibility index (Phi) is 3.76. The van der Waals surface area contributed by atoms with Crippen LogP contribution in [0.25, 0.3) is 11.3 Å². The molecule has 0 amide bonds. The van der Waals surface area contributed by atoms with Crippen molar-refractivity contribution in [2.75, 3.05) is 0 Å². The fourth-order valence-electron chi connectivity index (χ4n) is 1.45. The predicted octanol–water partition coefficient (Wildman–Crippen LogP) is 3.26. The molecule has 94 valence electrons. The topological polar surface area (TPSA) is 63.3 Å². The number of benzene rings is 1. The molecule has 6 heteroatoms. The van der Waals surface area contributed by atoms with Crippen LogP contribution in [-0.4, -0.2) is 16.1 Å². The number of carboxylic acids is 1. The van der Waals surface area contributed by atoms with Crippen LogP contribution in [0, 0.1) is 5.82 Å². The van der Waals surface area contributed by atoms with Gasteiger partial charge in [0.1, 0.15) is 5.82 Å². The number of hydrogen-bond donors (Lipinski definition) is 1. The van der Waals surface area contributed by atoms with Crippen LogP contribution in [0.4, 0.5) is 4.39 Å². The number of carboxylic acid groups (broad SMARTS) is 1. The number of oxazole rings is 1. The molecule has 0 aliphatic carbocycles. The van der Waals surface area contributed by atoms with Gasteiger partial charge >= 0.3 is 5.97 Å². The van der Waals surface area contributed by atoms with E-state index in [1.807, 2.05) is 0 Å². The smallest absolute Gasteiger partial charge is 0.303 e. The van der Waals surface area contributed by atoms with Crippen molar-refractivity contribution in [2.24, 2.45) is 0 Å². The first kappa shape index (κ1) is 12.8. The van der Waals surface area contributed by atoms with Gasteiger partial charge in [-0.3, -0.25) is 4.79 Å². The maximum absolute atomic E-state index is 13.6. The monoisotopic (exact) mass is 313 g/mol. The van der Waals surface area contributed by atoms with E-state index in [1.165, 1.54) is 12.3 Å². The van der Waals surface area contributed by atoms with Gasteiger partial charge in [0.2, 0.25) is 0 Å². The molecule has 0 unspecified atom stereocenters. The molecule has 18 heavy (non-hydrogen) atoms. The molecule has 0 bridgehead atoms. The predicted molar refractivity (Wildman–Crippen MR) is 65.6 cm³/mol. The lowest BCUT2D eigenvalue weighted by atomic mass is 10.2. The van der Waals surface area contributed by atoms with Crippen molar-refractivity contribution in [2.45, 2.75) is 12.8 Å².